The molecule has 1 N–H and O–H groups in total. The first-order valence-electron chi connectivity index (χ1n) is 8.62. The lowest BCUT2D eigenvalue weighted by atomic mass is 9.78. The Balaban J connectivity index is 2.43. The molecule has 0 saturated carbocycles. The Hall–Kier alpha value is -2.72. The zero-order valence-corrected chi connectivity index (χ0v) is 16.3. The lowest BCUT2D eigenvalue weighted by Crippen LogP contribution is -2.23. The Labute approximate surface area is 162 Å². The number of carbonyl (C=O) groups excluding carboxylic acids is 2. The minimum Gasteiger partial charge on any atom is -0.478 e. The number of carboxylic acids is 1. The van der Waals surface area contributed by atoms with Crippen LogP contribution < -0.4 is 0 Å². The van der Waals surface area contributed by atoms with E-state index in [4.69, 9.17) is 11.6 Å². The second-order valence-electron chi connectivity index (χ2n) is 7.06. The summed E-state index contributed by atoms with van der Waals surface area (Å²) in [5.41, 5.74) is 4.49. The summed E-state index contributed by atoms with van der Waals surface area (Å²) >= 11 is 6.41. The summed E-state index contributed by atoms with van der Waals surface area (Å²) in [5, 5.41) is 9.54. The van der Waals surface area contributed by atoms with Gasteiger partial charge in [-0.3, -0.25) is 9.59 Å². The zero-order chi connectivity index (χ0) is 20.0. The summed E-state index contributed by atoms with van der Waals surface area (Å²) in [7, 11) is 0. The lowest BCUT2D eigenvalue weighted by Gasteiger charge is -2.24. The monoisotopic (exact) mass is 382 g/mol. The molecule has 0 saturated heterocycles. The van der Waals surface area contributed by atoms with E-state index in [1.807, 2.05) is 19.9 Å². The predicted octanol–water partition coefficient (Wildman–Crippen LogP) is 5.31. The highest BCUT2D eigenvalue weighted by Gasteiger charge is 2.31. The molecular formula is C22H19ClO4. The summed E-state index contributed by atoms with van der Waals surface area (Å²) in [4.78, 5) is 36.2. The second-order valence-corrected chi connectivity index (χ2v) is 7.43. The van der Waals surface area contributed by atoms with Crippen molar-refractivity contribution in [3.8, 4) is 11.1 Å². The average Bonchev–Trinajstić information content (AvgIpc) is 2.58. The molecule has 3 rings (SSSR count). The topological polar surface area (TPSA) is 71.4 Å². The molecule has 0 bridgehead atoms. The van der Waals surface area contributed by atoms with Crippen molar-refractivity contribution < 1.29 is 19.5 Å². The predicted molar refractivity (Wildman–Crippen MR) is 106 cm³/mol. The summed E-state index contributed by atoms with van der Waals surface area (Å²) in [6, 6.07) is 6.70. The third kappa shape index (κ3) is 3.00. The van der Waals surface area contributed by atoms with Crippen LogP contribution in [0, 0.1) is 6.92 Å². The molecule has 0 aliphatic heterocycles. The van der Waals surface area contributed by atoms with Gasteiger partial charge in [-0.2, -0.15) is 0 Å². The Kier molecular flexibility index (Phi) is 4.79. The standard InChI is InChI=1S/C22H19ClO4/c1-10(2)17-15(13-6-5-7-14(19(13)23)22(26)27)8-11(3)18-16(17)9-12(4)20(24)21(18)25/h5-10H,1-4H3,(H,26,27). The molecule has 2 aromatic carbocycles. The number of benzene rings is 2. The summed E-state index contributed by atoms with van der Waals surface area (Å²) in [6.45, 7) is 7.40. The molecule has 4 nitrogen and oxygen atoms in total. The number of allylic oxidation sites excluding steroid dienone is 1. The molecule has 0 fully saturated rings. The third-order valence-electron chi connectivity index (χ3n) is 4.85. The quantitative estimate of drug-likeness (QED) is 0.730. The molecule has 1 aliphatic carbocycles. The van der Waals surface area contributed by atoms with Crippen molar-refractivity contribution in [3.05, 3.63) is 62.7 Å². The van der Waals surface area contributed by atoms with E-state index in [1.54, 1.807) is 32.1 Å². The van der Waals surface area contributed by atoms with Gasteiger partial charge in [-0.05, 0) is 54.2 Å². The summed E-state index contributed by atoms with van der Waals surface area (Å²) < 4.78 is 0. The average molecular weight is 383 g/mol. The largest absolute Gasteiger partial charge is 0.478 e. The fourth-order valence-electron chi connectivity index (χ4n) is 3.63. The number of carbonyl (C=O) groups is 3. The Morgan fingerprint density at radius 1 is 1.07 bits per heavy atom. The van der Waals surface area contributed by atoms with E-state index >= 15 is 0 Å². The summed E-state index contributed by atoms with van der Waals surface area (Å²) in [5.74, 6) is -2.05. The first kappa shape index (κ1) is 19.1. The van der Waals surface area contributed by atoms with Crippen LogP contribution in [0.3, 0.4) is 0 Å². The Morgan fingerprint density at radius 3 is 2.33 bits per heavy atom. The molecule has 2 aromatic rings. The number of Topliss-reactive ketones (excluding diaryl/α,β-unsaturated/α-hetero) is 2. The van der Waals surface area contributed by atoms with Crippen molar-refractivity contribution in [2.45, 2.75) is 33.6 Å². The van der Waals surface area contributed by atoms with E-state index in [9.17, 15) is 19.5 Å². The van der Waals surface area contributed by atoms with Crippen LogP contribution in [0.25, 0.3) is 17.2 Å². The number of hydrogen-bond donors (Lipinski definition) is 1. The van der Waals surface area contributed by atoms with Crippen molar-refractivity contribution in [1.29, 1.82) is 0 Å². The normalized spacial score (nSPS) is 13.6. The third-order valence-corrected chi connectivity index (χ3v) is 5.26. The van der Waals surface area contributed by atoms with E-state index in [0.717, 1.165) is 16.7 Å². The van der Waals surface area contributed by atoms with Gasteiger partial charge in [0.2, 0.25) is 11.6 Å². The van der Waals surface area contributed by atoms with Gasteiger partial charge in [0.25, 0.3) is 0 Å². The van der Waals surface area contributed by atoms with E-state index in [0.29, 0.717) is 22.3 Å². The second kappa shape index (κ2) is 6.78. The molecule has 138 valence electrons. The van der Waals surface area contributed by atoms with Crippen LogP contribution in [0.2, 0.25) is 5.02 Å². The molecule has 0 amide bonds. The van der Waals surface area contributed by atoms with Gasteiger partial charge in [0.15, 0.2) is 0 Å². The SMILES string of the molecule is CC1=Cc2c(c(C)cc(-c3cccc(C(=O)O)c3Cl)c2C(C)C)C(=O)C1=O. The first-order valence-corrected chi connectivity index (χ1v) is 9.00. The number of aryl methyl sites for hydroxylation is 1. The number of hydrogen-bond acceptors (Lipinski definition) is 3. The van der Waals surface area contributed by atoms with E-state index < -0.39 is 17.5 Å². The van der Waals surface area contributed by atoms with Gasteiger partial charge in [0, 0.05) is 16.7 Å². The van der Waals surface area contributed by atoms with Crippen molar-refractivity contribution in [2.75, 3.05) is 0 Å². The maximum Gasteiger partial charge on any atom is 0.337 e. The van der Waals surface area contributed by atoms with Crippen LogP contribution in [0.1, 0.15) is 64.1 Å². The maximum absolute atomic E-state index is 12.6. The van der Waals surface area contributed by atoms with Gasteiger partial charge in [-0.1, -0.05) is 43.6 Å². The van der Waals surface area contributed by atoms with Gasteiger partial charge < -0.3 is 5.11 Å². The highest BCUT2D eigenvalue weighted by atomic mass is 35.5. The van der Waals surface area contributed by atoms with Gasteiger partial charge in [-0.15, -0.1) is 0 Å². The maximum atomic E-state index is 12.6. The summed E-state index contributed by atoms with van der Waals surface area (Å²) in [6.07, 6.45) is 1.75. The van der Waals surface area contributed by atoms with Crippen molar-refractivity contribution >= 4 is 35.2 Å². The number of rotatable bonds is 3. The van der Waals surface area contributed by atoms with Crippen LogP contribution in [-0.2, 0) is 4.79 Å². The smallest absolute Gasteiger partial charge is 0.337 e. The number of aromatic carboxylic acids is 1. The zero-order valence-electron chi connectivity index (χ0n) is 15.5. The molecular weight excluding hydrogens is 364 g/mol. The van der Waals surface area contributed by atoms with Gasteiger partial charge in [0.05, 0.1) is 10.6 Å². The van der Waals surface area contributed by atoms with Gasteiger partial charge in [0.1, 0.15) is 0 Å². The van der Waals surface area contributed by atoms with Crippen molar-refractivity contribution in [3.63, 3.8) is 0 Å². The van der Waals surface area contributed by atoms with Crippen LogP contribution in [0.15, 0.2) is 29.8 Å². The van der Waals surface area contributed by atoms with Crippen LogP contribution in [0.4, 0.5) is 0 Å². The minimum atomic E-state index is -1.10. The fraction of sp³-hybridized carbons (Fsp3) is 0.227. The molecule has 1 aliphatic rings. The van der Waals surface area contributed by atoms with Crippen LogP contribution in [-0.4, -0.2) is 22.6 Å². The molecule has 0 heterocycles. The number of ketones is 2. The van der Waals surface area contributed by atoms with Crippen LogP contribution >= 0.6 is 11.6 Å². The molecule has 0 spiro atoms. The lowest BCUT2D eigenvalue weighted by molar-refractivity contribution is -0.111. The van der Waals surface area contributed by atoms with E-state index in [2.05, 4.69) is 0 Å². The van der Waals surface area contributed by atoms with Gasteiger partial charge >= 0.3 is 5.97 Å². The van der Waals surface area contributed by atoms with E-state index in [1.165, 1.54) is 6.07 Å². The van der Waals surface area contributed by atoms with Crippen molar-refractivity contribution in [1.82, 2.24) is 0 Å². The minimum absolute atomic E-state index is 0.0252. The highest BCUT2D eigenvalue weighted by Crippen LogP contribution is 2.41. The fourth-order valence-corrected chi connectivity index (χ4v) is 3.94. The van der Waals surface area contributed by atoms with Gasteiger partial charge in [-0.25, -0.2) is 4.79 Å². The highest BCUT2D eigenvalue weighted by molar-refractivity contribution is 6.52. The molecule has 5 heteroatoms. The van der Waals surface area contributed by atoms with Crippen molar-refractivity contribution in [2.24, 2.45) is 0 Å². The number of fused-ring (bicyclic) bond motifs is 1. The molecule has 0 radical (unpaired) electrons. The molecule has 0 atom stereocenters. The van der Waals surface area contributed by atoms with Crippen LogP contribution in [0.5, 0.6) is 0 Å². The number of halogens is 1. The molecule has 0 aromatic heterocycles. The Bertz CT molecular complexity index is 1040. The number of carboxylic acid groups (broad SMARTS) is 1. The Morgan fingerprint density at radius 2 is 1.74 bits per heavy atom. The van der Waals surface area contributed by atoms with E-state index in [-0.39, 0.29) is 16.5 Å². The molecule has 27 heavy (non-hydrogen) atoms. The first-order chi connectivity index (χ1) is 12.6. The molecule has 0 unspecified atom stereocenters.